The molecule has 6 nitrogen and oxygen atoms in total. The van der Waals surface area contributed by atoms with Crippen molar-refractivity contribution in [2.75, 3.05) is 27.4 Å². The minimum absolute atomic E-state index is 0.165. The highest BCUT2D eigenvalue weighted by atomic mass is 16.5. The number of amides is 1. The molecule has 0 aliphatic heterocycles. The van der Waals surface area contributed by atoms with Crippen LogP contribution >= 0.6 is 0 Å². The molecular formula is C28H28N2O4. The van der Waals surface area contributed by atoms with Gasteiger partial charge in [-0.05, 0) is 42.0 Å². The Kier molecular flexibility index (Phi) is 7.18. The van der Waals surface area contributed by atoms with Crippen molar-refractivity contribution in [1.29, 1.82) is 0 Å². The Balaban J connectivity index is 1.65. The van der Waals surface area contributed by atoms with Crippen LogP contribution in [0.4, 0.5) is 0 Å². The van der Waals surface area contributed by atoms with Crippen molar-refractivity contribution < 1.29 is 19.0 Å². The Morgan fingerprint density at radius 2 is 1.79 bits per heavy atom. The maximum absolute atomic E-state index is 13.0. The van der Waals surface area contributed by atoms with Gasteiger partial charge in [-0.25, -0.2) is 0 Å². The quantitative estimate of drug-likeness (QED) is 0.317. The Hall–Kier alpha value is -4.19. The molecule has 1 aromatic heterocycles. The molecule has 1 unspecified atom stereocenters. The van der Waals surface area contributed by atoms with Crippen molar-refractivity contribution in [1.82, 2.24) is 10.3 Å². The summed E-state index contributed by atoms with van der Waals surface area (Å²) in [7, 11) is 3.24. The number of carbonyl (C=O) groups is 1. The number of ether oxygens (including phenoxy) is 3. The molecule has 1 heterocycles. The van der Waals surface area contributed by atoms with E-state index in [4.69, 9.17) is 14.2 Å². The molecule has 0 saturated heterocycles. The van der Waals surface area contributed by atoms with Crippen LogP contribution in [-0.4, -0.2) is 38.3 Å². The zero-order valence-electron chi connectivity index (χ0n) is 19.3. The third-order valence-corrected chi connectivity index (χ3v) is 5.76. The number of fused-ring (bicyclic) bond motifs is 1. The second kappa shape index (κ2) is 10.6. The number of aromatic nitrogens is 1. The lowest BCUT2D eigenvalue weighted by molar-refractivity contribution is 0.0952. The number of para-hydroxylation sites is 2. The monoisotopic (exact) mass is 456 g/mol. The molecule has 3 aromatic carbocycles. The van der Waals surface area contributed by atoms with E-state index in [1.54, 1.807) is 44.6 Å². The summed E-state index contributed by atoms with van der Waals surface area (Å²) in [6.45, 7) is 4.43. The Labute approximate surface area is 199 Å². The number of nitrogens with one attached hydrogen (secondary N) is 2. The SMILES string of the molecule is C=CCOc1ccc(C(=O)NCC(c2cccc(OC)c2OC)c2c[nH]c3ccccc23)cc1. The van der Waals surface area contributed by atoms with E-state index in [2.05, 4.69) is 22.9 Å². The van der Waals surface area contributed by atoms with Gasteiger partial charge in [0.1, 0.15) is 12.4 Å². The lowest BCUT2D eigenvalue weighted by Gasteiger charge is -2.22. The van der Waals surface area contributed by atoms with Gasteiger partial charge < -0.3 is 24.5 Å². The third-order valence-electron chi connectivity index (χ3n) is 5.76. The van der Waals surface area contributed by atoms with E-state index in [0.29, 0.717) is 36.0 Å². The third kappa shape index (κ3) is 4.76. The zero-order chi connectivity index (χ0) is 23.9. The van der Waals surface area contributed by atoms with E-state index >= 15 is 0 Å². The molecule has 1 atom stereocenters. The van der Waals surface area contributed by atoms with Crippen LogP contribution in [0.3, 0.4) is 0 Å². The smallest absolute Gasteiger partial charge is 0.251 e. The number of methoxy groups -OCH3 is 2. The fraction of sp³-hybridized carbons (Fsp3) is 0.179. The van der Waals surface area contributed by atoms with Gasteiger partial charge in [-0.3, -0.25) is 4.79 Å². The minimum atomic E-state index is -0.166. The Morgan fingerprint density at radius 1 is 1.00 bits per heavy atom. The van der Waals surface area contributed by atoms with Crippen LogP contribution in [0.25, 0.3) is 10.9 Å². The van der Waals surface area contributed by atoms with Crippen LogP contribution in [-0.2, 0) is 0 Å². The van der Waals surface area contributed by atoms with Gasteiger partial charge in [0.05, 0.1) is 14.2 Å². The van der Waals surface area contributed by atoms with Gasteiger partial charge in [0, 0.05) is 40.7 Å². The fourth-order valence-electron chi connectivity index (χ4n) is 4.11. The molecule has 4 rings (SSSR count). The highest BCUT2D eigenvalue weighted by Crippen LogP contribution is 2.40. The number of carbonyl (C=O) groups excluding carboxylic acids is 1. The molecule has 34 heavy (non-hydrogen) atoms. The second-order valence-corrected chi connectivity index (χ2v) is 7.76. The highest BCUT2D eigenvalue weighted by Gasteiger charge is 2.24. The van der Waals surface area contributed by atoms with Crippen LogP contribution in [0.5, 0.6) is 17.2 Å². The summed E-state index contributed by atoms with van der Waals surface area (Å²) >= 11 is 0. The first-order valence-corrected chi connectivity index (χ1v) is 11.0. The lowest BCUT2D eigenvalue weighted by Crippen LogP contribution is -2.29. The molecule has 0 spiro atoms. The van der Waals surface area contributed by atoms with Gasteiger partial charge >= 0.3 is 0 Å². The van der Waals surface area contributed by atoms with Crippen LogP contribution in [0.2, 0.25) is 0 Å². The lowest BCUT2D eigenvalue weighted by atomic mass is 9.89. The van der Waals surface area contributed by atoms with Gasteiger partial charge in [0.15, 0.2) is 11.5 Å². The molecule has 0 aliphatic rings. The van der Waals surface area contributed by atoms with E-state index in [1.807, 2.05) is 42.6 Å². The summed E-state index contributed by atoms with van der Waals surface area (Å²) < 4.78 is 16.8. The van der Waals surface area contributed by atoms with E-state index in [1.165, 1.54) is 0 Å². The van der Waals surface area contributed by atoms with Gasteiger partial charge in [-0.15, -0.1) is 0 Å². The largest absolute Gasteiger partial charge is 0.493 e. The molecule has 4 aromatic rings. The van der Waals surface area contributed by atoms with Crippen molar-refractivity contribution in [3.8, 4) is 17.2 Å². The fourth-order valence-corrected chi connectivity index (χ4v) is 4.11. The summed E-state index contributed by atoms with van der Waals surface area (Å²) in [5.74, 6) is 1.65. The molecule has 6 heteroatoms. The number of benzene rings is 3. The minimum Gasteiger partial charge on any atom is -0.493 e. The first kappa shape index (κ1) is 23.0. The summed E-state index contributed by atoms with van der Waals surface area (Å²) in [4.78, 5) is 16.3. The molecule has 0 saturated carbocycles. The highest BCUT2D eigenvalue weighted by molar-refractivity contribution is 5.94. The Bertz CT molecular complexity index is 1280. The average molecular weight is 457 g/mol. The average Bonchev–Trinajstić information content (AvgIpc) is 3.31. The summed E-state index contributed by atoms with van der Waals surface area (Å²) in [5, 5.41) is 4.19. The molecule has 0 aliphatic carbocycles. The summed E-state index contributed by atoms with van der Waals surface area (Å²) in [6.07, 6.45) is 3.67. The molecule has 0 radical (unpaired) electrons. The maximum atomic E-state index is 13.0. The zero-order valence-corrected chi connectivity index (χ0v) is 19.3. The number of rotatable bonds is 10. The van der Waals surface area contributed by atoms with Crippen LogP contribution in [0.1, 0.15) is 27.4 Å². The predicted octanol–water partition coefficient (Wildman–Crippen LogP) is 5.31. The van der Waals surface area contributed by atoms with Gasteiger partial charge in [-0.2, -0.15) is 0 Å². The van der Waals surface area contributed by atoms with Gasteiger partial charge in [0.25, 0.3) is 5.91 Å². The molecule has 0 fully saturated rings. The number of H-pyrrole nitrogens is 1. The predicted molar refractivity (Wildman–Crippen MR) is 134 cm³/mol. The van der Waals surface area contributed by atoms with E-state index in [-0.39, 0.29) is 11.8 Å². The van der Waals surface area contributed by atoms with Gasteiger partial charge in [-0.1, -0.05) is 43.0 Å². The molecule has 2 N–H and O–H groups in total. The van der Waals surface area contributed by atoms with Crippen LogP contribution < -0.4 is 19.5 Å². The first-order valence-electron chi connectivity index (χ1n) is 11.0. The van der Waals surface area contributed by atoms with E-state index in [0.717, 1.165) is 22.0 Å². The van der Waals surface area contributed by atoms with Crippen molar-refractivity contribution in [2.24, 2.45) is 0 Å². The first-order chi connectivity index (χ1) is 16.7. The number of hydrogen-bond acceptors (Lipinski definition) is 4. The molecule has 174 valence electrons. The normalized spacial score (nSPS) is 11.6. The Morgan fingerprint density at radius 3 is 2.53 bits per heavy atom. The second-order valence-electron chi connectivity index (χ2n) is 7.76. The summed E-state index contributed by atoms with van der Waals surface area (Å²) in [6, 6.07) is 21.0. The number of aromatic amines is 1. The van der Waals surface area contributed by atoms with Crippen molar-refractivity contribution in [3.05, 3.63) is 102 Å². The molecular weight excluding hydrogens is 428 g/mol. The molecule has 1 amide bonds. The van der Waals surface area contributed by atoms with Crippen molar-refractivity contribution in [3.63, 3.8) is 0 Å². The summed E-state index contributed by atoms with van der Waals surface area (Å²) in [5.41, 5.74) is 3.59. The number of hydrogen-bond donors (Lipinski definition) is 2. The van der Waals surface area contributed by atoms with E-state index in [9.17, 15) is 4.79 Å². The van der Waals surface area contributed by atoms with Crippen molar-refractivity contribution in [2.45, 2.75) is 5.92 Å². The van der Waals surface area contributed by atoms with Crippen LogP contribution in [0.15, 0.2) is 85.6 Å². The topological polar surface area (TPSA) is 72.6 Å². The van der Waals surface area contributed by atoms with E-state index < -0.39 is 0 Å². The van der Waals surface area contributed by atoms with Crippen LogP contribution in [0, 0.1) is 0 Å². The molecule has 0 bridgehead atoms. The van der Waals surface area contributed by atoms with Gasteiger partial charge in [0.2, 0.25) is 0 Å². The maximum Gasteiger partial charge on any atom is 0.251 e. The standard InChI is InChI=1S/C28H28N2O4/c1-4-16-34-20-14-12-19(13-15-20)28(31)30-18-24(22-9-7-11-26(32-2)27(22)33-3)23-17-29-25-10-6-5-8-21(23)25/h4-15,17,24,29H,1,16,18H2,2-3H3,(H,30,31). The van der Waals surface area contributed by atoms with Crippen molar-refractivity contribution >= 4 is 16.8 Å².